The number of hydrogen-bond acceptors (Lipinski definition) is 3. The molecule has 2 aromatic rings. The van der Waals surface area contributed by atoms with E-state index in [1.165, 1.54) is 21.7 Å². The van der Waals surface area contributed by atoms with Gasteiger partial charge in [-0.05, 0) is 37.6 Å². The first-order chi connectivity index (χ1) is 9.56. The maximum atomic E-state index is 5.92. The van der Waals surface area contributed by atoms with Gasteiger partial charge in [-0.2, -0.15) is 0 Å². The molecule has 0 atom stereocenters. The number of thiophene rings is 1. The Bertz CT molecular complexity index is 565. The maximum absolute atomic E-state index is 5.92. The summed E-state index contributed by atoms with van der Waals surface area (Å²) in [4.78, 5) is 3.58. The van der Waals surface area contributed by atoms with Crippen LogP contribution in [0.4, 0.5) is 5.69 Å². The molecule has 0 unspecified atom stereocenters. The second kappa shape index (κ2) is 7.11. The second-order valence-electron chi connectivity index (χ2n) is 5.09. The molecule has 2 nitrogen and oxygen atoms in total. The molecular formula is C16H21ClN2S. The minimum atomic E-state index is 0.856. The van der Waals surface area contributed by atoms with E-state index in [1.807, 2.05) is 6.07 Å². The molecule has 2 rings (SSSR count). The number of halogens is 1. The number of aryl methyl sites for hydroxylation is 2. The minimum absolute atomic E-state index is 0.856. The fraction of sp³-hybridized carbons (Fsp3) is 0.375. The Hall–Kier alpha value is -1.03. The first-order valence-corrected chi connectivity index (χ1v) is 7.99. The van der Waals surface area contributed by atoms with E-state index in [0.717, 1.165) is 24.0 Å². The van der Waals surface area contributed by atoms with Gasteiger partial charge in [0.05, 0.1) is 4.34 Å². The summed E-state index contributed by atoms with van der Waals surface area (Å²) in [6.45, 7) is 7.13. The molecule has 0 aliphatic heterocycles. The summed E-state index contributed by atoms with van der Waals surface area (Å²) in [7, 11) is 2.14. The first kappa shape index (κ1) is 15.4. The quantitative estimate of drug-likeness (QED) is 0.803. The highest BCUT2D eigenvalue weighted by molar-refractivity contribution is 7.16. The van der Waals surface area contributed by atoms with Crippen LogP contribution in [-0.2, 0) is 6.54 Å². The van der Waals surface area contributed by atoms with Gasteiger partial charge in [0.25, 0.3) is 0 Å². The summed E-state index contributed by atoms with van der Waals surface area (Å²) in [6, 6.07) is 10.6. The van der Waals surface area contributed by atoms with Crippen LogP contribution >= 0.6 is 22.9 Å². The molecule has 1 aromatic carbocycles. The van der Waals surface area contributed by atoms with Gasteiger partial charge in [0.1, 0.15) is 0 Å². The van der Waals surface area contributed by atoms with Crippen molar-refractivity contribution in [3.8, 4) is 0 Å². The Labute approximate surface area is 130 Å². The molecule has 0 saturated carbocycles. The molecule has 0 aliphatic rings. The van der Waals surface area contributed by atoms with Crippen LogP contribution in [-0.4, -0.2) is 20.1 Å². The Balaban J connectivity index is 1.78. The zero-order valence-electron chi connectivity index (χ0n) is 12.2. The van der Waals surface area contributed by atoms with E-state index in [9.17, 15) is 0 Å². The number of rotatable bonds is 6. The summed E-state index contributed by atoms with van der Waals surface area (Å²) in [5.41, 5.74) is 3.95. The number of benzene rings is 1. The Morgan fingerprint density at radius 1 is 1.20 bits per heavy atom. The molecule has 0 bridgehead atoms. The van der Waals surface area contributed by atoms with E-state index in [-0.39, 0.29) is 0 Å². The molecule has 0 amide bonds. The molecule has 1 aromatic heterocycles. The van der Waals surface area contributed by atoms with Crippen molar-refractivity contribution >= 4 is 28.6 Å². The van der Waals surface area contributed by atoms with Crippen molar-refractivity contribution in [2.45, 2.75) is 20.4 Å². The van der Waals surface area contributed by atoms with Gasteiger partial charge in [-0.1, -0.05) is 29.3 Å². The van der Waals surface area contributed by atoms with E-state index in [1.54, 1.807) is 11.3 Å². The van der Waals surface area contributed by atoms with E-state index >= 15 is 0 Å². The summed E-state index contributed by atoms with van der Waals surface area (Å²) in [5.74, 6) is 0. The molecule has 108 valence electrons. The largest absolute Gasteiger partial charge is 0.373 e. The molecule has 0 spiro atoms. The van der Waals surface area contributed by atoms with Crippen molar-refractivity contribution in [3.05, 3.63) is 50.7 Å². The van der Waals surface area contributed by atoms with Gasteiger partial charge in [0.2, 0.25) is 0 Å². The van der Waals surface area contributed by atoms with Crippen LogP contribution in [0.5, 0.6) is 0 Å². The molecule has 1 N–H and O–H groups in total. The third-order valence-electron chi connectivity index (χ3n) is 3.32. The van der Waals surface area contributed by atoms with Crippen LogP contribution < -0.4 is 10.2 Å². The zero-order chi connectivity index (χ0) is 14.5. The Morgan fingerprint density at radius 3 is 2.65 bits per heavy atom. The van der Waals surface area contributed by atoms with Gasteiger partial charge >= 0.3 is 0 Å². The van der Waals surface area contributed by atoms with E-state index < -0.39 is 0 Å². The molecular weight excluding hydrogens is 288 g/mol. The number of likely N-dealkylation sites (N-methyl/N-ethyl adjacent to an activating group) is 1. The lowest BCUT2D eigenvalue weighted by Crippen LogP contribution is -2.29. The van der Waals surface area contributed by atoms with Crippen molar-refractivity contribution < 1.29 is 0 Å². The maximum Gasteiger partial charge on any atom is 0.0931 e. The average molecular weight is 309 g/mol. The average Bonchev–Trinajstić information content (AvgIpc) is 2.80. The van der Waals surface area contributed by atoms with E-state index in [2.05, 4.69) is 55.4 Å². The van der Waals surface area contributed by atoms with Crippen LogP contribution in [0.3, 0.4) is 0 Å². The predicted octanol–water partition coefficient (Wildman–Crippen LogP) is 4.24. The van der Waals surface area contributed by atoms with Crippen LogP contribution in [0.2, 0.25) is 4.34 Å². The molecule has 20 heavy (non-hydrogen) atoms. The number of nitrogens with zero attached hydrogens (tertiary/aromatic N) is 1. The SMILES string of the molecule is Cc1ccc(N(C)CCNCc2ccc(Cl)s2)c(C)c1. The first-order valence-electron chi connectivity index (χ1n) is 6.79. The van der Waals surface area contributed by atoms with E-state index in [4.69, 9.17) is 11.6 Å². The smallest absolute Gasteiger partial charge is 0.0931 e. The van der Waals surface area contributed by atoms with E-state index in [0.29, 0.717) is 0 Å². The molecule has 0 fully saturated rings. The van der Waals surface area contributed by atoms with Crippen LogP contribution in [0, 0.1) is 13.8 Å². The number of nitrogens with one attached hydrogen (secondary N) is 1. The summed E-state index contributed by atoms with van der Waals surface area (Å²) in [5, 5.41) is 3.46. The molecule has 0 aliphatic carbocycles. The lowest BCUT2D eigenvalue weighted by Gasteiger charge is -2.22. The normalized spacial score (nSPS) is 10.8. The topological polar surface area (TPSA) is 15.3 Å². The van der Waals surface area contributed by atoms with Crippen molar-refractivity contribution in [2.24, 2.45) is 0 Å². The highest BCUT2D eigenvalue weighted by Gasteiger charge is 2.04. The minimum Gasteiger partial charge on any atom is -0.373 e. The number of hydrogen-bond donors (Lipinski definition) is 1. The van der Waals surface area contributed by atoms with Crippen LogP contribution in [0.1, 0.15) is 16.0 Å². The van der Waals surface area contributed by atoms with Gasteiger partial charge in [0, 0.05) is 37.2 Å². The van der Waals surface area contributed by atoms with Crippen LogP contribution in [0.25, 0.3) is 0 Å². The second-order valence-corrected chi connectivity index (χ2v) is 6.89. The lowest BCUT2D eigenvalue weighted by atomic mass is 10.1. The molecule has 0 saturated heterocycles. The third kappa shape index (κ3) is 4.23. The third-order valence-corrected chi connectivity index (χ3v) is 4.55. The highest BCUT2D eigenvalue weighted by atomic mass is 35.5. The number of anilines is 1. The molecule has 1 heterocycles. The van der Waals surface area contributed by atoms with Gasteiger partial charge in [-0.25, -0.2) is 0 Å². The lowest BCUT2D eigenvalue weighted by molar-refractivity contribution is 0.685. The zero-order valence-corrected chi connectivity index (χ0v) is 13.8. The van der Waals surface area contributed by atoms with Crippen molar-refractivity contribution in [2.75, 3.05) is 25.0 Å². The highest BCUT2D eigenvalue weighted by Crippen LogP contribution is 2.21. The van der Waals surface area contributed by atoms with Gasteiger partial charge < -0.3 is 10.2 Å². The van der Waals surface area contributed by atoms with Crippen molar-refractivity contribution in [1.82, 2.24) is 5.32 Å². The summed E-state index contributed by atoms with van der Waals surface area (Å²) >= 11 is 7.55. The molecule has 4 heteroatoms. The summed E-state index contributed by atoms with van der Waals surface area (Å²) in [6.07, 6.45) is 0. The Kier molecular flexibility index (Phi) is 5.46. The van der Waals surface area contributed by atoms with Crippen LogP contribution in [0.15, 0.2) is 30.3 Å². The van der Waals surface area contributed by atoms with Gasteiger partial charge in [-0.3, -0.25) is 0 Å². The van der Waals surface area contributed by atoms with Gasteiger partial charge in [-0.15, -0.1) is 11.3 Å². The monoisotopic (exact) mass is 308 g/mol. The Morgan fingerprint density at radius 2 is 2.00 bits per heavy atom. The fourth-order valence-corrected chi connectivity index (χ4v) is 3.32. The predicted molar refractivity (Wildman–Crippen MR) is 90.2 cm³/mol. The summed E-state index contributed by atoms with van der Waals surface area (Å²) < 4.78 is 0.856. The van der Waals surface area contributed by atoms with Crippen molar-refractivity contribution in [3.63, 3.8) is 0 Å². The molecule has 0 radical (unpaired) electrons. The fourth-order valence-electron chi connectivity index (χ4n) is 2.26. The van der Waals surface area contributed by atoms with Gasteiger partial charge in [0.15, 0.2) is 0 Å². The standard InChI is InChI=1S/C16H21ClN2S/c1-12-4-6-15(13(2)10-12)19(3)9-8-18-11-14-5-7-16(17)20-14/h4-7,10,18H,8-9,11H2,1-3H3. The van der Waals surface area contributed by atoms with Crippen molar-refractivity contribution in [1.29, 1.82) is 0 Å².